The highest BCUT2D eigenvalue weighted by molar-refractivity contribution is 6.13. The van der Waals surface area contributed by atoms with Crippen LogP contribution >= 0.6 is 0 Å². The molecule has 2 aromatic heterocycles. The highest BCUT2D eigenvalue weighted by Gasteiger charge is 2.17. The number of nitrogens with zero attached hydrogens (tertiary/aromatic N) is 3. The van der Waals surface area contributed by atoms with Gasteiger partial charge in [-0.3, -0.25) is 4.98 Å². The summed E-state index contributed by atoms with van der Waals surface area (Å²) in [4.78, 5) is 15.2. The van der Waals surface area contributed by atoms with Gasteiger partial charge in [-0.05, 0) is 102 Å². The van der Waals surface area contributed by atoms with Crippen molar-refractivity contribution in [3.8, 4) is 45.0 Å². The minimum Gasteiger partial charge on any atom is -0.264 e. The first-order chi connectivity index (χ1) is 29.2. The third-order valence-corrected chi connectivity index (χ3v) is 11.2. The topological polar surface area (TPSA) is 38.7 Å². The molecule has 0 radical (unpaired) electrons. The lowest BCUT2D eigenvalue weighted by Crippen LogP contribution is -2.30. The van der Waals surface area contributed by atoms with Crippen LogP contribution in [-0.2, 0) is 0 Å². The molecular formula is C56H39N3. The molecule has 1 aliphatic rings. The van der Waals surface area contributed by atoms with Gasteiger partial charge >= 0.3 is 0 Å². The molecule has 10 rings (SSSR count). The molecule has 278 valence electrons. The molecule has 0 atom stereocenters. The Morgan fingerprint density at radius 2 is 1.12 bits per heavy atom. The lowest BCUT2D eigenvalue weighted by molar-refractivity contribution is 1.18. The summed E-state index contributed by atoms with van der Waals surface area (Å²) in [6, 6.07) is 62.2. The normalized spacial score (nSPS) is 15.8. The lowest BCUT2D eigenvalue weighted by Gasteiger charge is -2.15. The number of aromatic nitrogens is 3. The zero-order valence-electron chi connectivity index (χ0n) is 32.5. The second kappa shape index (κ2) is 15.7. The van der Waals surface area contributed by atoms with E-state index in [0.29, 0.717) is 5.82 Å². The van der Waals surface area contributed by atoms with E-state index in [1.54, 1.807) is 6.20 Å². The van der Waals surface area contributed by atoms with E-state index in [4.69, 9.17) is 9.97 Å². The Morgan fingerprint density at radius 1 is 0.458 bits per heavy atom. The zero-order valence-corrected chi connectivity index (χ0v) is 32.5. The van der Waals surface area contributed by atoms with Crippen molar-refractivity contribution in [2.75, 3.05) is 0 Å². The average molecular weight is 754 g/mol. The molecule has 2 heterocycles. The largest absolute Gasteiger partial charge is 0.264 e. The van der Waals surface area contributed by atoms with Gasteiger partial charge in [-0.1, -0.05) is 176 Å². The van der Waals surface area contributed by atoms with Crippen molar-refractivity contribution in [3.63, 3.8) is 0 Å². The third kappa shape index (κ3) is 7.00. The molecule has 9 aromatic rings. The third-order valence-electron chi connectivity index (χ3n) is 11.2. The van der Waals surface area contributed by atoms with Gasteiger partial charge in [-0.25, -0.2) is 9.97 Å². The Morgan fingerprint density at radius 3 is 1.97 bits per heavy atom. The van der Waals surface area contributed by atoms with Crippen LogP contribution in [0.1, 0.15) is 17.5 Å². The standard InChI is InChI=1S/C56H39N3/c1-38-17-4-2-7-26-46(39-18-5-3-6-19-39)49-29-12-13-31-51(49)55(38)43-23-15-24-44(34-43)56-58-53(42-22-14-21-40(33-42)45-25-16-32-57-37-45)36-54(59-56)52-35-41-20-8-9-27-47(41)48-28-10-11-30-50(48)52/h2-25,27-37H,1,26H2/b7-2-,17-4-,49-46+,55-51+. The van der Waals surface area contributed by atoms with Crippen molar-refractivity contribution >= 4 is 32.7 Å². The van der Waals surface area contributed by atoms with Crippen LogP contribution in [0.3, 0.4) is 0 Å². The van der Waals surface area contributed by atoms with Crippen molar-refractivity contribution in [1.82, 2.24) is 15.0 Å². The van der Waals surface area contributed by atoms with Crippen molar-refractivity contribution in [1.29, 1.82) is 0 Å². The summed E-state index contributed by atoms with van der Waals surface area (Å²) in [7, 11) is 0. The highest BCUT2D eigenvalue weighted by Crippen LogP contribution is 2.37. The summed E-state index contributed by atoms with van der Waals surface area (Å²) in [6.45, 7) is 4.64. The van der Waals surface area contributed by atoms with Crippen LogP contribution in [0.15, 0.2) is 225 Å². The van der Waals surface area contributed by atoms with Gasteiger partial charge in [0.2, 0.25) is 0 Å². The molecule has 1 aliphatic carbocycles. The van der Waals surface area contributed by atoms with Gasteiger partial charge in [-0.2, -0.15) is 0 Å². The Labute approximate surface area is 344 Å². The molecule has 3 heteroatoms. The fourth-order valence-corrected chi connectivity index (χ4v) is 8.35. The SMILES string of the molecule is C=C1/C=C\C=C/C/C(c2ccccc2)=c2/cccc/c2=C/1c1cccc(-c2nc(-c3cccc(-c4cccnc4)c3)cc(-c3cc4ccccc4c4ccccc34)n2)c1. The van der Waals surface area contributed by atoms with E-state index in [9.17, 15) is 0 Å². The Hall–Kier alpha value is -7.75. The fraction of sp³-hybridized carbons (Fsp3) is 0.0179. The molecule has 3 nitrogen and oxygen atoms in total. The van der Waals surface area contributed by atoms with Crippen LogP contribution in [0.25, 0.3) is 77.7 Å². The van der Waals surface area contributed by atoms with E-state index in [1.807, 2.05) is 12.3 Å². The second-order valence-electron chi connectivity index (χ2n) is 14.8. The first kappa shape index (κ1) is 35.6. The van der Waals surface area contributed by atoms with Crippen LogP contribution in [0.2, 0.25) is 0 Å². The number of pyridine rings is 1. The minimum atomic E-state index is 0.651. The molecule has 0 aliphatic heterocycles. The molecule has 59 heavy (non-hydrogen) atoms. The van der Waals surface area contributed by atoms with Gasteiger partial charge in [0.25, 0.3) is 0 Å². The van der Waals surface area contributed by atoms with Gasteiger partial charge in [-0.15, -0.1) is 0 Å². The summed E-state index contributed by atoms with van der Waals surface area (Å²) >= 11 is 0. The van der Waals surface area contributed by atoms with E-state index in [-0.39, 0.29) is 0 Å². The van der Waals surface area contributed by atoms with Crippen molar-refractivity contribution in [3.05, 3.63) is 246 Å². The van der Waals surface area contributed by atoms with E-state index in [2.05, 4.69) is 206 Å². The lowest BCUT2D eigenvalue weighted by atomic mass is 9.90. The molecule has 0 saturated heterocycles. The van der Waals surface area contributed by atoms with Gasteiger partial charge in [0.05, 0.1) is 11.4 Å². The zero-order chi connectivity index (χ0) is 39.5. The highest BCUT2D eigenvalue weighted by atomic mass is 14.9. The average Bonchev–Trinajstić information content (AvgIpc) is 3.31. The number of hydrogen-bond acceptors (Lipinski definition) is 3. The first-order valence-electron chi connectivity index (χ1n) is 20.0. The van der Waals surface area contributed by atoms with Crippen LogP contribution in [0.5, 0.6) is 0 Å². The monoisotopic (exact) mass is 753 g/mol. The maximum absolute atomic E-state index is 5.42. The van der Waals surface area contributed by atoms with E-state index in [0.717, 1.165) is 72.9 Å². The van der Waals surface area contributed by atoms with Crippen molar-refractivity contribution in [2.24, 2.45) is 0 Å². The quantitative estimate of drug-likeness (QED) is 0.159. The van der Waals surface area contributed by atoms with Crippen molar-refractivity contribution < 1.29 is 0 Å². The Balaban J connectivity index is 1.22. The first-order valence-corrected chi connectivity index (χ1v) is 20.0. The van der Waals surface area contributed by atoms with Crippen LogP contribution < -0.4 is 10.4 Å². The number of hydrogen-bond donors (Lipinski definition) is 0. The summed E-state index contributed by atoms with van der Waals surface area (Å²) in [5.41, 5.74) is 12.4. The molecule has 0 fully saturated rings. The van der Waals surface area contributed by atoms with Crippen LogP contribution in [-0.4, -0.2) is 15.0 Å². The number of benzene rings is 7. The van der Waals surface area contributed by atoms with Crippen LogP contribution in [0, 0.1) is 0 Å². The minimum absolute atomic E-state index is 0.651. The Kier molecular flexibility index (Phi) is 9.46. The Bertz CT molecular complexity index is 3250. The smallest absolute Gasteiger partial charge is 0.160 e. The number of rotatable bonds is 6. The predicted molar refractivity (Wildman–Crippen MR) is 246 cm³/mol. The molecule has 0 amide bonds. The second-order valence-corrected chi connectivity index (χ2v) is 14.8. The van der Waals surface area contributed by atoms with Crippen molar-refractivity contribution in [2.45, 2.75) is 6.42 Å². The molecule has 7 aromatic carbocycles. The summed E-state index contributed by atoms with van der Waals surface area (Å²) < 4.78 is 0. The molecule has 0 unspecified atom stereocenters. The predicted octanol–water partition coefficient (Wildman–Crippen LogP) is 12.3. The maximum Gasteiger partial charge on any atom is 0.160 e. The van der Waals surface area contributed by atoms with Gasteiger partial charge < -0.3 is 0 Å². The number of fused-ring (bicyclic) bond motifs is 4. The fourth-order valence-electron chi connectivity index (χ4n) is 8.35. The summed E-state index contributed by atoms with van der Waals surface area (Å²) in [5.74, 6) is 0.651. The maximum atomic E-state index is 5.42. The van der Waals surface area contributed by atoms with Crippen LogP contribution in [0.4, 0.5) is 0 Å². The van der Waals surface area contributed by atoms with E-state index < -0.39 is 0 Å². The van der Waals surface area contributed by atoms with Gasteiger partial charge in [0, 0.05) is 34.6 Å². The molecule has 0 spiro atoms. The van der Waals surface area contributed by atoms with Gasteiger partial charge in [0.1, 0.15) is 0 Å². The molecule has 0 N–H and O–H groups in total. The molecule has 0 bridgehead atoms. The number of allylic oxidation sites excluding steroid dienone is 5. The van der Waals surface area contributed by atoms with E-state index in [1.165, 1.54) is 32.5 Å². The summed E-state index contributed by atoms with van der Waals surface area (Å²) in [6.07, 6.45) is 13.1. The molecule has 0 saturated carbocycles. The molecular weight excluding hydrogens is 715 g/mol. The summed E-state index contributed by atoms with van der Waals surface area (Å²) in [5, 5.41) is 7.07. The van der Waals surface area contributed by atoms with E-state index >= 15 is 0 Å². The van der Waals surface area contributed by atoms with Gasteiger partial charge in [0.15, 0.2) is 5.82 Å².